The zero-order valence-corrected chi connectivity index (χ0v) is 17.8. The van der Waals surface area contributed by atoms with Crippen LogP contribution in [0.2, 0.25) is 0 Å². The first-order valence-electron chi connectivity index (χ1n) is 10.5. The second-order valence-corrected chi connectivity index (χ2v) is 7.82. The SMILES string of the molecule is O=C(CN1C(=O)c2ccccc2C1=O)Nc1ccc(C(=O)N2CC(=O)Nc3ccccc32)cc1. The van der Waals surface area contributed by atoms with Gasteiger partial charge < -0.3 is 10.6 Å². The molecular weight excluding hydrogens is 436 g/mol. The van der Waals surface area contributed by atoms with Gasteiger partial charge in [0, 0.05) is 11.3 Å². The molecule has 0 aliphatic carbocycles. The summed E-state index contributed by atoms with van der Waals surface area (Å²) in [5.74, 6) is -2.21. The van der Waals surface area contributed by atoms with Gasteiger partial charge in [-0.2, -0.15) is 0 Å². The molecule has 34 heavy (non-hydrogen) atoms. The number of para-hydroxylation sites is 2. The van der Waals surface area contributed by atoms with Crippen LogP contribution in [0.4, 0.5) is 17.1 Å². The third-order valence-electron chi connectivity index (χ3n) is 5.61. The molecule has 3 aromatic carbocycles. The zero-order valence-electron chi connectivity index (χ0n) is 17.8. The molecule has 0 fully saturated rings. The van der Waals surface area contributed by atoms with Crippen molar-refractivity contribution in [1.82, 2.24) is 4.90 Å². The number of hydrogen-bond donors (Lipinski definition) is 2. The predicted octanol–water partition coefficient (Wildman–Crippen LogP) is 2.52. The molecule has 0 bridgehead atoms. The lowest BCUT2D eigenvalue weighted by atomic mass is 10.1. The number of nitrogens with one attached hydrogen (secondary N) is 2. The fraction of sp³-hybridized carbons (Fsp3) is 0.0800. The minimum atomic E-state index is -0.546. The molecule has 0 saturated carbocycles. The van der Waals surface area contributed by atoms with Crippen LogP contribution in [-0.4, -0.2) is 47.5 Å². The van der Waals surface area contributed by atoms with Gasteiger partial charge in [0.05, 0.1) is 22.5 Å². The summed E-state index contributed by atoms with van der Waals surface area (Å²) < 4.78 is 0. The first-order valence-corrected chi connectivity index (χ1v) is 10.5. The number of carbonyl (C=O) groups excluding carboxylic acids is 5. The zero-order chi connectivity index (χ0) is 23.8. The van der Waals surface area contributed by atoms with Gasteiger partial charge in [0.1, 0.15) is 13.1 Å². The molecule has 0 saturated heterocycles. The monoisotopic (exact) mass is 454 g/mol. The van der Waals surface area contributed by atoms with Crippen LogP contribution in [-0.2, 0) is 9.59 Å². The average Bonchev–Trinajstić information content (AvgIpc) is 3.08. The van der Waals surface area contributed by atoms with Crippen LogP contribution in [0, 0.1) is 0 Å². The van der Waals surface area contributed by atoms with E-state index in [4.69, 9.17) is 0 Å². The summed E-state index contributed by atoms with van der Waals surface area (Å²) in [4.78, 5) is 64.7. The Hall–Kier alpha value is -4.79. The molecule has 3 aromatic rings. The van der Waals surface area contributed by atoms with E-state index >= 15 is 0 Å². The Bertz CT molecular complexity index is 1330. The van der Waals surface area contributed by atoms with Gasteiger partial charge in [0.25, 0.3) is 17.7 Å². The van der Waals surface area contributed by atoms with Gasteiger partial charge in [-0.15, -0.1) is 0 Å². The van der Waals surface area contributed by atoms with Crippen LogP contribution < -0.4 is 15.5 Å². The van der Waals surface area contributed by atoms with E-state index in [9.17, 15) is 24.0 Å². The van der Waals surface area contributed by atoms with Gasteiger partial charge >= 0.3 is 0 Å². The number of nitrogens with zero attached hydrogens (tertiary/aromatic N) is 2. The highest BCUT2D eigenvalue weighted by atomic mass is 16.2. The van der Waals surface area contributed by atoms with Crippen LogP contribution in [0.15, 0.2) is 72.8 Å². The summed E-state index contributed by atoms with van der Waals surface area (Å²) in [6, 6.07) is 19.6. The highest BCUT2D eigenvalue weighted by molar-refractivity contribution is 6.22. The standard InChI is InChI=1S/C25H18N4O5/c30-21(14-29-24(33)17-5-1-2-6-18(17)25(29)34)26-16-11-9-15(10-12-16)23(32)28-13-22(31)27-19-7-3-4-8-20(19)28/h1-12H,13-14H2,(H,26,30)(H,27,31). The topological polar surface area (TPSA) is 116 Å². The number of carbonyl (C=O) groups is 5. The Morgan fingerprint density at radius 1 is 0.824 bits per heavy atom. The number of rotatable bonds is 4. The van der Waals surface area contributed by atoms with E-state index in [1.807, 2.05) is 0 Å². The molecule has 2 aliphatic heterocycles. The Balaban J connectivity index is 1.26. The molecule has 5 rings (SSSR count). The van der Waals surface area contributed by atoms with Gasteiger partial charge in [-0.3, -0.25) is 33.8 Å². The van der Waals surface area contributed by atoms with E-state index in [2.05, 4.69) is 10.6 Å². The molecule has 2 heterocycles. The molecule has 2 aliphatic rings. The maximum absolute atomic E-state index is 13.0. The highest BCUT2D eigenvalue weighted by Gasteiger charge is 2.36. The number of benzene rings is 3. The third-order valence-corrected chi connectivity index (χ3v) is 5.61. The third kappa shape index (κ3) is 3.69. The van der Waals surface area contributed by atoms with Crippen molar-refractivity contribution in [3.05, 3.63) is 89.5 Å². The number of hydrogen-bond acceptors (Lipinski definition) is 5. The largest absolute Gasteiger partial charge is 0.325 e. The quantitative estimate of drug-likeness (QED) is 0.588. The maximum atomic E-state index is 13.0. The molecule has 0 aromatic heterocycles. The maximum Gasteiger partial charge on any atom is 0.262 e. The number of imide groups is 1. The first-order chi connectivity index (χ1) is 16.4. The molecule has 0 unspecified atom stereocenters. The van der Waals surface area contributed by atoms with E-state index in [1.54, 1.807) is 60.7 Å². The van der Waals surface area contributed by atoms with E-state index in [0.29, 0.717) is 22.6 Å². The Morgan fingerprint density at radius 2 is 1.44 bits per heavy atom. The number of anilines is 3. The summed E-state index contributed by atoms with van der Waals surface area (Å²) in [7, 11) is 0. The molecule has 168 valence electrons. The highest BCUT2D eigenvalue weighted by Crippen LogP contribution is 2.30. The second-order valence-electron chi connectivity index (χ2n) is 7.82. The van der Waals surface area contributed by atoms with Gasteiger partial charge in [0.2, 0.25) is 11.8 Å². The van der Waals surface area contributed by atoms with Gasteiger partial charge in [0.15, 0.2) is 0 Å². The van der Waals surface area contributed by atoms with Crippen molar-refractivity contribution in [3.63, 3.8) is 0 Å². The Morgan fingerprint density at radius 3 is 2.12 bits per heavy atom. The smallest absolute Gasteiger partial charge is 0.262 e. The van der Waals surface area contributed by atoms with Gasteiger partial charge in [-0.25, -0.2) is 0 Å². The fourth-order valence-corrected chi connectivity index (χ4v) is 3.99. The van der Waals surface area contributed by atoms with Crippen LogP contribution >= 0.6 is 0 Å². The number of amides is 5. The van der Waals surface area contributed by atoms with E-state index in [-0.39, 0.29) is 29.5 Å². The molecule has 0 atom stereocenters. The predicted molar refractivity (Wildman–Crippen MR) is 124 cm³/mol. The minimum absolute atomic E-state index is 0.103. The normalized spacial score (nSPS) is 14.4. The van der Waals surface area contributed by atoms with Crippen molar-refractivity contribution >= 4 is 46.6 Å². The fourth-order valence-electron chi connectivity index (χ4n) is 3.99. The lowest BCUT2D eigenvalue weighted by Gasteiger charge is -2.29. The molecule has 9 nitrogen and oxygen atoms in total. The average molecular weight is 454 g/mol. The number of fused-ring (bicyclic) bond motifs is 2. The lowest BCUT2D eigenvalue weighted by Crippen LogP contribution is -2.42. The van der Waals surface area contributed by atoms with Crippen molar-refractivity contribution in [1.29, 1.82) is 0 Å². The summed E-state index contributed by atoms with van der Waals surface area (Å²) in [6.07, 6.45) is 0. The summed E-state index contributed by atoms with van der Waals surface area (Å²) in [6.45, 7) is -0.526. The lowest BCUT2D eigenvalue weighted by molar-refractivity contribution is -0.116. The van der Waals surface area contributed by atoms with E-state index in [1.165, 1.54) is 17.0 Å². The molecule has 5 amide bonds. The Kier molecular flexibility index (Phi) is 5.14. The van der Waals surface area contributed by atoms with Crippen molar-refractivity contribution in [2.24, 2.45) is 0 Å². The van der Waals surface area contributed by atoms with Crippen molar-refractivity contribution in [2.75, 3.05) is 28.6 Å². The van der Waals surface area contributed by atoms with Crippen molar-refractivity contribution < 1.29 is 24.0 Å². The van der Waals surface area contributed by atoms with Crippen molar-refractivity contribution in [3.8, 4) is 0 Å². The first kappa shape index (κ1) is 21.1. The summed E-state index contributed by atoms with van der Waals surface area (Å²) in [5.41, 5.74) is 2.44. The molecule has 9 heteroatoms. The molecule has 0 radical (unpaired) electrons. The van der Waals surface area contributed by atoms with E-state index < -0.39 is 24.3 Å². The van der Waals surface area contributed by atoms with Gasteiger partial charge in [-0.05, 0) is 48.5 Å². The van der Waals surface area contributed by atoms with Crippen LogP contribution in [0.1, 0.15) is 31.1 Å². The minimum Gasteiger partial charge on any atom is -0.325 e. The van der Waals surface area contributed by atoms with Gasteiger partial charge in [-0.1, -0.05) is 24.3 Å². The summed E-state index contributed by atoms with van der Waals surface area (Å²) >= 11 is 0. The second kappa shape index (κ2) is 8.28. The summed E-state index contributed by atoms with van der Waals surface area (Å²) in [5, 5.41) is 5.37. The molecule has 2 N–H and O–H groups in total. The van der Waals surface area contributed by atoms with E-state index in [0.717, 1.165) is 4.90 Å². The molecule has 0 spiro atoms. The molecular formula is C25H18N4O5. The van der Waals surface area contributed by atoms with Crippen LogP contribution in [0.25, 0.3) is 0 Å². The van der Waals surface area contributed by atoms with Crippen LogP contribution in [0.3, 0.4) is 0 Å². The Labute approximate surface area is 194 Å². The van der Waals surface area contributed by atoms with Crippen LogP contribution in [0.5, 0.6) is 0 Å². The van der Waals surface area contributed by atoms with Crippen molar-refractivity contribution in [2.45, 2.75) is 0 Å².